The Morgan fingerprint density at radius 3 is 2.32 bits per heavy atom. The van der Waals surface area contributed by atoms with Crippen molar-refractivity contribution in [3.8, 4) is 5.69 Å². The molecule has 0 atom stereocenters. The monoisotopic (exact) mass is 527 g/mol. The van der Waals surface area contributed by atoms with Gasteiger partial charge in [-0.25, -0.2) is 4.68 Å². The first-order chi connectivity index (χ1) is 11.9. The molecule has 128 valence electrons. The van der Waals surface area contributed by atoms with Crippen LogP contribution in [0.3, 0.4) is 0 Å². The summed E-state index contributed by atoms with van der Waals surface area (Å²) in [6, 6.07) is 14.4. The number of hydrogen-bond donors (Lipinski definition) is 2. The molecule has 1 heterocycles. The third-order valence-corrected chi connectivity index (χ3v) is 5.07. The van der Waals surface area contributed by atoms with Crippen molar-refractivity contribution in [3.63, 3.8) is 0 Å². The summed E-state index contributed by atoms with van der Waals surface area (Å²) >= 11 is 10.3. The molecule has 0 aliphatic carbocycles. The van der Waals surface area contributed by atoms with E-state index in [1.807, 2.05) is 42.5 Å². The van der Waals surface area contributed by atoms with Crippen LogP contribution in [-0.4, -0.2) is 15.7 Å². The molecule has 0 radical (unpaired) electrons. The Labute approximate surface area is 168 Å². The van der Waals surface area contributed by atoms with Crippen LogP contribution < -0.4 is 10.9 Å². The smallest absolute Gasteiger partial charge is 0.273 e. The highest BCUT2D eigenvalue weighted by atomic mass is 79.9. The number of carbonyl (C=O) groups excluding carboxylic acids is 1. The van der Waals surface area contributed by atoms with E-state index in [2.05, 4.69) is 58.2 Å². The zero-order valence-corrected chi connectivity index (χ0v) is 17.5. The number of H-pyrrole nitrogens is 1. The summed E-state index contributed by atoms with van der Waals surface area (Å²) in [5.74, 6) is 0.140. The summed E-state index contributed by atoms with van der Waals surface area (Å²) in [6.07, 6.45) is 0.236. The van der Waals surface area contributed by atoms with Crippen LogP contribution in [0.4, 0.5) is 5.82 Å². The molecular formula is C17H12Br3N3O2. The van der Waals surface area contributed by atoms with Crippen molar-refractivity contribution in [2.75, 3.05) is 5.32 Å². The molecule has 3 rings (SSSR count). The van der Waals surface area contributed by atoms with E-state index in [4.69, 9.17) is 0 Å². The number of nitrogens with one attached hydrogen (secondary N) is 2. The maximum atomic E-state index is 12.3. The van der Waals surface area contributed by atoms with Crippen molar-refractivity contribution in [1.82, 2.24) is 9.78 Å². The number of aromatic nitrogens is 2. The Morgan fingerprint density at radius 2 is 1.68 bits per heavy atom. The van der Waals surface area contributed by atoms with Crippen LogP contribution in [0.15, 0.2) is 66.7 Å². The average Bonchev–Trinajstić information content (AvgIpc) is 2.87. The molecule has 8 heteroatoms. The Kier molecular flexibility index (Phi) is 5.61. The minimum Gasteiger partial charge on any atom is -0.311 e. The zero-order valence-electron chi connectivity index (χ0n) is 12.7. The van der Waals surface area contributed by atoms with E-state index >= 15 is 0 Å². The lowest BCUT2D eigenvalue weighted by molar-refractivity contribution is -0.115. The third kappa shape index (κ3) is 4.31. The van der Waals surface area contributed by atoms with E-state index in [0.29, 0.717) is 11.5 Å². The van der Waals surface area contributed by atoms with Gasteiger partial charge in [0.25, 0.3) is 5.56 Å². The van der Waals surface area contributed by atoms with Gasteiger partial charge in [0.15, 0.2) is 0 Å². The first kappa shape index (κ1) is 18.2. The lowest BCUT2D eigenvalue weighted by Gasteiger charge is -2.09. The van der Waals surface area contributed by atoms with Crippen molar-refractivity contribution in [2.45, 2.75) is 6.42 Å². The van der Waals surface area contributed by atoms with Gasteiger partial charge in [0.2, 0.25) is 5.91 Å². The van der Waals surface area contributed by atoms with Gasteiger partial charge >= 0.3 is 0 Å². The van der Waals surface area contributed by atoms with Crippen molar-refractivity contribution in [1.29, 1.82) is 0 Å². The molecule has 0 aliphatic rings. The van der Waals surface area contributed by atoms with Gasteiger partial charge in [0.1, 0.15) is 5.82 Å². The van der Waals surface area contributed by atoms with E-state index in [-0.39, 0.29) is 17.9 Å². The van der Waals surface area contributed by atoms with E-state index in [0.717, 1.165) is 19.0 Å². The van der Waals surface area contributed by atoms with Crippen LogP contribution in [0, 0.1) is 0 Å². The van der Waals surface area contributed by atoms with Gasteiger partial charge in [0, 0.05) is 19.5 Å². The molecule has 3 aromatic rings. The van der Waals surface area contributed by atoms with Crippen LogP contribution in [0.1, 0.15) is 5.56 Å². The number of rotatable bonds is 4. The van der Waals surface area contributed by atoms with Gasteiger partial charge in [-0.3, -0.25) is 14.7 Å². The summed E-state index contributed by atoms with van der Waals surface area (Å²) in [5, 5.41) is 5.63. The highest BCUT2D eigenvalue weighted by Gasteiger charge is 2.14. The largest absolute Gasteiger partial charge is 0.311 e. The molecule has 2 aromatic carbocycles. The second-order valence-corrected chi connectivity index (χ2v) is 7.90. The normalized spacial score (nSPS) is 10.7. The lowest BCUT2D eigenvalue weighted by atomic mass is 10.1. The van der Waals surface area contributed by atoms with Crippen LogP contribution in [-0.2, 0) is 11.2 Å². The van der Waals surface area contributed by atoms with Crippen molar-refractivity contribution < 1.29 is 4.79 Å². The second-order valence-electron chi connectivity index (χ2n) is 5.27. The topological polar surface area (TPSA) is 66.9 Å². The third-order valence-electron chi connectivity index (χ3n) is 3.41. The molecule has 0 saturated carbocycles. The number of nitrogens with zero attached hydrogens (tertiary/aromatic N) is 1. The van der Waals surface area contributed by atoms with Gasteiger partial charge in [-0.15, -0.1) is 0 Å². The molecule has 1 amide bonds. The maximum Gasteiger partial charge on any atom is 0.273 e. The predicted octanol–water partition coefficient (Wildman–Crippen LogP) is 4.63. The number of hydrogen-bond acceptors (Lipinski definition) is 2. The van der Waals surface area contributed by atoms with Crippen molar-refractivity contribution >= 4 is 59.5 Å². The van der Waals surface area contributed by atoms with E-state index in [1.165, 1.54) is 10.7 Å². The van der Waals surface area contributed by atoms with Crippen LogP contribution in [0.5, 0.6) is 0 Å². The Morgan fingerprint density at radius 1 is 1.04 bits per heavy atom. The van der Waals surface area contributed by atoms with Gasteiger partial charge in [-0.1, -0.05) is 46.3 Å². The van der Waals surface area contributed by atoms with E-state index in [1.54, 1.807) is 0 Å². The number of halogens is 3. The van der Waals surface area contributed by atoms with Gasteiger partial charge in [0.05, 0.1) is 12.1 Å². The van der Waals surface area contributed by atoms with E-state index in [9.17, 15) is 9.59 Å². The first-order valence-electron chi connectivity index (χ1n) is 7.25. The van der Waals surface area contributed by atoms with Crippen molar-refractivity contribution in [3.05, 3.63) is 77.9 Å². The van der Waals surface area contributed by atoms with Crippen LogP contribution in [0.2, 0.25) is 0 Å². The summed E-state index contributed by atoms with van der Waals surface area (Å²) < 4.78 is 3.67. The minimum absolute atomic E-state index is 0.200. The Balaban J connectivity index is 1.84. The predicted molar refractivity (Wildman–Crippen MR) is 108 cm³/mol. The van der Waals surface area contributed by atoms with Crippen molar-refractivity contribution in [2.24, 2.45) is 0 Å². The number of aromatic amines is 1. The highest BCUT2D eigenvalue weighted by molar-refractivity contribution is 9.11. The molecule has 25 heavy (non-hydrogen) atoms. The van der Waals surface area contributed by atoms with Crippen LogP contribution in [0.25, 0.3) is 5.69 Å². The molecule has 0 bridgehead atoms. The quantitative estimate of drug-likeness (QED) is 0.517. The molecule has 5 nitrogen and oxygen atoms in total. The van der Waals surface area contributed by atoms with Gasteiger partial charge in [-0.2, -0.15) is 0 Å². The maximum absolute atomic E-state index is 12.3. The average molecular weight is 530 g/mol. The first-order valence-corrected chi connectivity index (χ1v) is 9.62. The summed E-state index contributed by atoms with van der Waals surface area (Å²) in [6.45, 7) is 0. The van der Waals surface area contributed by atoms with E-state index < -0.39 is 0 Å². The Bertz CT molecular complexity index is 957. The fraction of sp³-hybridized carbons (Fsp3) is 0.0588. The van der Waals surface area contributed by atoms with Crippen LogP contribution >= 0.6 is 47.8 Å². The fourth-order valence-corrected chi connectivity index (χ4v) is 4.96. The molecule has 2 N–H and O–H groups in total. The minimum atomic E-state index is -0.279. The van der Waals surface area contributed by atoms with Gasteiger partial charge in [-0.05, 0) is 49.6 Å². The lowest BCUT2D eigenvalue weighted by Crippen LogP contribution is -2.15. The number of amides is 1. The number of carbonyl (C=O) groups is 1. The Hall–Kier alpha value is -1.64. The summed E-state index contributed by atoms with van der Waals surface area (Å²) in [4.78, 5) is 24.4. The number of benzene rings is 2. The molecule has 0 spiro atoms. The standard InChI is InChI=1S/C17H12Br3N3O2/c18-11-7-12(19)17(13(20)8-11)23-16(25)9-14(22-23)21-15(24)6-10-4-2-1-3-5-10/h1-5,7-9,22H,6H2,(H,21,24). The molecule has 1 aromatic heterocycles. The SMILES string of the molecule is O=C(Cc1ccccc1)Nc1cc(=O)n(-c2c(Br)cc(Br)cc2Br)[nH]1. The molecule has 0 saturated heterocycles. The zero-order chi connectivity index (χ0) is 18.0. The molecule has 0 unspecified atom stereocenters. The molecular weight excluding hydrogens is 518 g/mol. The fourth-order valence-electron chi connectivity index (χ4n) is 2.35. The molecule has 0 fully saturated rings. The number of anilines is 1. The summed E-state index contributed by atoms with van der Waals surface area (Å²) in [7, 11) is 0. The van der Waals surface area contributed by atoms with Gasteiger partial charge < -0.3 is 5.32 Å². The highest BCUT2D eigenvalue weighted by Crippen LogP contribution is 2.32. The second kappa shape index (κ2) is 7.72. The molecule has 0 aliphatic heterocycles. The summed E-state index contributed by atoms with van der Waals surface area (Å²) in [5.41, 5.74) is 1.25.